The highest BCUT2D eigenvalue weighted by molar-refractivity contribution is 7.21. The maximum Gasteiger partial charge on any atom is 0.263 e. The molecule has 1 amide bonds. The van der Waals surface area contributed by atoms with Crippen molar-refractivity contribution < 1.29 is 4.79 Å². The number of nitrogen functional groups attached to an aromatic ring is 1. The van der Waals surface area contributed by atoms with E-state index in [9.17, 15) is 4.79 Å². The molecule has 3 heterocycles. The third-order valence-electron chi connectivity index (χ3n) is 3.24. The molecule has 0 atom stereocenters. The first-order valence-corrected chi connectivity index (χ1v) is 7.08. The predicted octanol–water partition coefficient (Wildman–Crippen LogP) is 0.755. The molecule has 4 N–H and O–H groups in total. The zero-order chi connectivity index (χ0) is 13.2. The Labute approximate surface area is 114 Å². The number of nitrogens with zero attached hydrogens (tertiary/aromatic N) is 2. The van der Waals surface area contributed by atoms with Crippen molar-refractivity contribution in [2.75, 3.05) is 18.8 Å². The zero-order valence-corrected chi connectivity index (χ0v) is 11.2. The van der Waals surface area contributed by atoms with Gasteiger partial charge in [0.05, 0.1) is 5.69 Å². The van der Waals surface area contributed by atoms with Gasteiger partial charge in [-0.1, -0.05) is 0 Å². The van der Waals surface area contributed by atoms with Crippen molar-refractivity contribution in [1.82, 2.24) is 20.6 Å². The molecule has 0 spiro atoms. The first-order valence-electron chi connectivity index (χ1n) is 6.26. The van der Waals surface area contributed by atoms with Gasteiger partial charge in [0.2, 0.25) is 0 Å². The number of hydrogen-bond donors (Lipinski definition) is 3. The SMILES string of the molecule is Nc1c(C(=O)NC2CCNCC2)sc2nccnc12. The zero-order valence-electron chi connectivity index (χ0n) is 10.3. The van der Waals surface area contributed by atoms with Gasteiger partial charge in [0.25, 0.3) is 5.91 Å². The normalized spacial score (nSPS) is 16.6. The van der Waals surface area contributed by atoms with Crippen molar-refractivity contribution in [2.24, 2.45) is 0 Å². The Kier molecular flexibility index (Phi) is 3.31. The number of nitrogens with two attached hydrogens (primary N) is 1. The third-order valence-corrected chi connectivity index (χ3v) is 4.35. The quantitative estimate of drug-likeness (QED) is 0.753. The Bertz CT molecular complexity index is 605. The lowest BCUT2D eigenvalue weighted by Crippen LogP contribution is -2.42. The van der Waals surface area contributed by atoms with Crippen LogP contribution in [0.4, 0.5) is 5.69 Å². The second-order valence-electron chi connectivity index (χ2n) is 4.55. The Morgan fingerprint density at radius 2 is 2.11 bits per heavy atom. The number of carbonyl (C=O) groups is 1. The molecule has 1 fully saturated rings. The summed E-state index contributed by atoms with van der Waals surface area (Å²) in [5.74, 6) is -0.116. The first-order chi connectivity index (χ1) is 9.25. The molecule has 2 aromatic heterocycles. The lowest BCUT2D eigenvalue weighted by molar-refractivity contribution is 0.0934. The summed E-state index contributed by atoms with van der Waals surface area (Å²) in [6, 6.07) is 0.222. The van der Waals surface area contributed by atoms with E-state index >= 15 is 0 Å². The van der Waals surface area contributed by atoms with Crippen LogP contribution in [0.5, 0.6) is 0 Å². The fourth-order valence-electron chi connectivity index (χ4n) is 2.23. The highest BCUT2D eigenvalue weighted by Gasteiger charge is 2.21. The van der Waals surface area contributed by atoms with Gasteiger partial charge >= 0.3 is 0 Å². The predicted molar refractivity (Wildman–Crippen MR) is 75.2 cm³/mol. The summed E-state index contributed by atoms with van der Waals surface area (Å²) in [6.07, 6.45) is 5.09. The molecule has 0 unspecified atom stereocenters. The van der Waals surface area contributed by atoms with Gasteiger partial charge in [0.1, 0.15) is 15.2 Å². The molecule has 0 bridgehead atoms. The van der Waals surface area contributed by atoms with Crippen LogP contribution >= 0.6 is 11.3 Å². The van der Waals surface area contributed by atoms with Gasteiger partial charge in [-0.3, -0.25) is 4.79 Å². The molecule has 0 aliphatic carbocycles. The number of nitrogens with one attached hydrogen (secondary N) is 2. The molecular weight excluding hydrogens is 262 g/mol. The number of carbonyl (C=O) groups excluding carboxylic acids is 1. The molecular formula is C12H15N5OS. The molecule has 6 nitrogen and oxygen atoms in total. The van der Waals surface area contributed by atoms with Crippen molar-refractivity contribution in [3.63, 3.8) is 0 Å². The van der Waals surface area contributed by atoms with E-state index < -0.39 is 0 Å². The number of fused-ring (bicyclic) bond motifs is 1. The van der Waals surface area contributed by atoms with Crippen LogP contribution in [-0.4, -0.2) is 35.0 Å². The largest absolute Gasteiger partial charge is 0.396 e. The van der Waals surface area contributed by atoms with Gasteiger partial charge < -0.3 is 16.4 Å². The van der Waals surface area contributed by atoms with Crippen LogP contribution in [0.2, 0.25) is 0 Å². The van der Waals surface area contributed by atoms with Crippen molar-refractivity contribution in [3.05, 3.63) is 17.3 Å². The maximum atomic E-state index is 12.2. The van der Waals surface area contributed by atoms with Crippen molar-refractivity contribution >= 4 is 33.3 Å². The van der Waals surface area contributed by atoms with E-state index in [0.717, 1.165) is 25.9 Å². The standard InChI is InChI=1S/C12H15N5OS/c13-8-9-12(16-6-5-15-9)19-10(8)11(18)17-7-1-3-14-4-2-7/h5-7,14H,1-4,13H2,(H,17,18). The van der Waals surface area contributed by atoms with Crippen molar-refractivity contribution in [3.8, 4) is 0 Å². The summed E-state index contributed by atoms with van der Waals surface area (Å²) in [4.78, 5) is 21.8. The molecule has 1 aliphatic rings. The monoisotopic (exact) mass is 277 g/mol. The van der Waals surface area contributed by atoms with E-state index in [2.05, 4.69) is 20.6 Å². The Balaban J connectivity index is 1.83. The van der Waals surface area contributed by atoms with E-state index in [-0.39, 0.29) is 11.9 Å². The van der Waals surface area contributed by atoms with Crippen molar-refractivity contribution in [2.45, 2.75) is 18.9 Å². The molecule has 0 aromatic carbocycles. The van der Waals surface area contributed by atoms with Gasteiger partial charge in [-0.2, -0.15) is 0 Å². The molecule has 2 aromatic rings. The van der Waals surface area contributed by atoms with Crippen LogP contribution in [0.15, 0.2) is 12.4 Å². The van der Waals surface area contributed by atoms with E-state index in [0.29, 0.717) is 20.9 Å². The molecule has 0 radical (unpaired) electrons. The number of aromatic nitrogens is 2. The highest BCUT2D eigenvalue weighted by atomic mass is 32.1. The lowest BCUT2D eigenvalue weighted by Gasteiger charge is -2.23. The van der Waals surface area contributed by atoms with Crippen LogP contribution in [0.1, 0.15) is 22.5 Å². The number of thiophene rings is 1. The van der Waals surface area contributed by atoms with Gasteiger partial charge in [0, 0.05) is 18.4 Å². The Hall–Kier alpha value is -1.73. The minimum absolute atomic E-state index is 0.116. The van der Waals surface area contributed by atoms with Gasteiger partial charge in [-0.15, -0.1) is 11.3 Å². The molecule has 7 heteroatoms. The van der Waals surface area contributed by atoms with Crippen LogP contribution < -0.4 is 16.4 Å². The van der Waals surface area contributed by atoms with Crippen LogP contribution in [-0.2, 0) is 0 Å². The van der Waals surface area contributed by atoms with Crippen LogP contribution in [0.3, 0.4) is 0 Å². The second-order valence-corrected chi connectivity index (χ2v) is 5.55. The molecule has 3 rings (SSSR count). The summed E-state index contributed by atoms with van der Waals surface area (Å²) in [5.41, 5.74) is 7.02. The molecule has 1 saturated heterocycles. The molecule has 1 aliphatic heterocycles. The first kappa shape index (κ1) is 12.3. The second kappa shape index (κ2) is 5.10. The molecule has 0 saturated carbocycles. The minimum atomic E-state index is -0.116. The highest BCUT2D eigenvalue weighted by Crippen LogP contribution is 2.30. The summed E-state index contributed by atoms with van der Waals surface area (Å²) in [5, 5.41) is 6.30. The summed E-state index contributed by atoms with van der Waals surface area (Å²) >= 11 is 1.29. The number of amides is 1. The van der Waals surface area contributed by atoms with Gasteiger partial charge in [-0.25, -0.2) is 9.97 Å². The van der Waals surface area contributed by atoms with E-state index in [1.165, 1.54) is 11.3 Å². The number of rotatable bonds is 2. The Morgan fingerprint density at radius 1 is 1.37 bits per heavy atom. The smallest absolute Gasteiger partial charge is 0.263 e. The lowest BCUT2D eigenvalue weighted by atomic mass is 10.1. The third kappa shape index (κ3) is 2.39. The number of anilines is 1. The summed E-state index contributed by atoms with van der Waals surface area (Å²) in [6.45, 7) is 1.88. The van der Waals surface area contributed by atoms with Crippen LogP contribution in [0, 0.1) is 0 Å². The fraction of sp³-hybridized carbons (Fsp3) is 0.417. The van der Waals surface area contributed by atoms with E-state index in [4.69, 9.17) is 5.73 Å². The summed E-state index contributed by atoms with van der Waals surface area (Å²) < 4.78 is 0. The van der Waals surface area contributed by atoms with Gasteiger partial charge in [-0.05, 0) is 25.9 Å². The number of hydrogen-bond acceptors (Lipinski definition) is 6. The average molecular weight is 277 g/mol. The van der Waals surface area contributed by atoms with E-state index in [1.54, 1.807) is 12.4 Å². The molecule has 100 valence electrons. The van der Waals surface area contributed by atoms with E-state index in [1.807, 2.05) is 0 Å². The Morgan fingerprint density at radius 3 is 2.84 bits per heavy atom. The van der Waals surface area contributed by atoms with Gasteiger partial charge in [0.15, 0.2) is 0 Å². The fourth-order valence-corrected chi connectivity index (χ4v) is 3.15. The number of piperidine rings is 1. The maximum absolute atomic E-state index is 12.2. The topological polar surface area (TPSA) is 92.9 Å². The van der Waals surface area contributed by atoms with Crippen LogP contribution in [0.25, 0.3) is 10.3 Å². The average Bonchev–Trinajstić information content (AvgIpc) is 2.78. The minimum Gasteiger partial charge on any atom is -0.396 e. The van der Waals surface area contributed by atoms with Crippen molar-refractivity contribution in [1.29, 1.82) is 0 Å². The summed E-state index contributed by atoms with van der Waals surface area (Å²) in [7, 11) is 0. The molecule has 19 heavy (non-hydrogen) atoms.